The fraction of sp³-hybridized carbons (Fsp3) is 1.00. The molecule has 1 nitrogen and oxygen atoms in total. The standard InChI is InChI=1S/C20H34O/c1-15(21-10-9-16-5-3-2-4-6-16)20-13-17-7-8-18(14-20)12-19(20)11-17/h15-19H,2-14H2,1H3. The zero-order chi connectivity index (χ0) is 14.3. The van der Waals surface area contributed by atoms with E-state index in [1.807, 2.05) is 0 Å². The van der Waals surface area contributed by atoms with Crippen LogP contribution in [0.1, 0.15) is 84.0 Å². The highest BCUT2D eigenvalue weighted by Gasteiger charge is 2.57. The lowest BCUT2D eigenvalue weighted by Crippen LogP contribution is -2.35. The van der Waals surface area contributed by atoms with Crippen molar-refractivity contribution in [2.75, 3.05) is 6.61 Å². The molecule has 0 aromatic carbocycles. The first kappa shape index (κ1) is 14.5. The molecule has 5 aliphatic carbocycles. The summed E-state index contributed by atoms with van der Waals surface area (Å²) in [5.74, 6) is 4.08. The van der Waals surface area contributed by atoms with Gasteiger partial charge in [0.25, 0.3) is 0 Å². The second-order valence-electron chi connectivity index (χ2n) is 8.92. The van der Waals surface area contributed by atoms with E-state index in [0.717, 1.165) is 30.3 Å². The number of hydrogen-bond donors (Lipinski definition) is 0. The molecular weight excluding hydrogens is 256 g/mol. The van der Waals surface area contributed by atoms with E-state index in [1.54, 1.807) is 0 Å². The maximum Gasteiger partial charge on any atom is 0.0606 e. The van der Waals surface area contributed by atoms with Crippen LogP contribution < -0.4 is 0 Å². The molecule has 3 unspecified atom stereocenters. The molecule has 0 aliphatic heterocycles. The molecule has 21 heavy (non-hydrogen) atoms. The average molecular weight is 290 g/mol. The van der Waals surface area contributed by atoms with Crippen molar-refractivity contribution < 1.29 is 4.74 Å². The maximum atomic E-state index is 6.46. The van der Waals surface area contributed by atoms with Crippen molar-refractivity contribution in [1.29, 1.82) is 0 Å². The van der Waals surface area contributed by atoms with E-state index in [-0.39, 0.29) is 0 Å². The monoisotopic (exact) mass is 290 g/mol. The van der Waals surface area contributed by atoms with Crippen LogP contribution in [0.2, 0.25) is 0 Å². The highest BCUT2D eigenvalue weighted by molar-refractivity contribution is 5.07. The van der Waals surface area contributed by atoms with E-state index in [1.165, 1.54) is 77.0 Å². The third kappa shape index (κ3) is 2.69. The molecule has 0 aromatic rings. The third-order valence-electron chi connectivity index (χ3n) is 7.80. The SMILES string of the molecule is CC(OCCC1CCCCC1)C12CC3CCC(CC1C3)C2. The Balaban J connectivity index is 1.31. The molecule has 0 aromatic heterocycles. The normalized spacial score (nSPS) is 44.1. The molecule has 5 fully saturated rings. The molecule has 3 atom stereocenters. The van der Waals surface area contributed by atoms with Crippen LogP contribution in [0.15, 0.2) is 0 Å². The summed E-state index contributed by atoms with van der Waals surface area (Å²) in [5, 5.41) is 0. The lowest BCUT2D eigenvalue weighted by molar-refractivity contribution is -0.0463. The van der Waals surface area contributed by atoms with Crippen LogP contribution in [0.4, 0.5) is 0 Å². The third-order valence-corrected chi connectivity index (χ3v) is 7.80. The van der Waals surface area contributed by atoms with E-state index >= 15 is 0 Å². The lowest BCUT2D eigenvalue weighted by atomic mass is 9.75. The van der Waals surface area contributed by atoms with Gasteiger partial charge in [-0.3, -0.25) is 0 Å². The topological polar surface area (TPSA) is 9.23 Å². The Labute approximate surface area is 131 Å². The Morgan fingerprint density at radius 1 is 0.952 bits per heavy atom. The minimum atomic E-state index is 0.527. The molecule has 0 radical (unpaired) electrons. The summed E-state index contributed by atoms with van der Waals surface area (Å²) in [6, 6.07) is 0. The second kappa shape index (κ2) is 5.87. The number of ether oxygens (including phenoxy) is 1. The van der Waals surface area contributed by atoms with E-state index in [4.69, 9.17) is 4.74 Å². The van der Waals surface area contributed by atoms with Crippen LogP contribution in [0.3, 0.4) is 0 Å². The Morgan fingerprint density at radius 3 is 2.29 bits per heavy atom. The molecular formula is C20H34O. The van der Waals surface area contributed by atoms with Crippen LogP contribution in [0.5, 0.6) is 0 Å². The van der Waals surface area contributed by atoms with Gasteiger partial charge in [-0.05, 0) is 68.1 Å². The second-order valence-corrected chi connectivity index (χ2v) is 8.92. The summed E-state index contributed by atoms with van der Waals surface area (Å²) in [6.45, 7) is 3.46. The van der Waals surface area contributed by atoms with Crippen LogP contribution in [-0.2, 0) is 4.74 Å². The summed E-state index contributed by atoms with van der Waals surface area (Å²) < 4.78 is 6.46. The van der Waals surface area contributed by atoms with Crippen LogP contribution in [0, 0.1) is 29.1 Å². The quantitative estimate of drug-likeness (QED) is 0.642. The molecule has 0 spiro atoms. The first-order valence-electron chi connectivity index (χ1n) is 9.88. The number of rotatable bonds is 5. The Kier molecular flexibility index (Phi) is 4.07. The molecule has 0 N–H and O–H groups in total. The van der Waals surface area contributed by atoms with Crippen molar-refractivity contribution >= 4 is 0 Å². The summed E-state index contributed by atoms with van der Waals surface area (Å²) in [7, 11) is 0. The first-order valence-corrected chi connectivity index (χ1v) is 9.88. The zero-order valence-electron chi connectivity index (χ0n) is 14.0. The van der Waals surface area contributed by atoms with Gasteiger partial charge in [0.15, 0.2) is 0 Å². The lowest BCUT2D eigenvalue weighted by Gasteiger charge is -2.36. The van der Waals surface area contributed by atoms with E-state index < -0.39 is 0 Å². The van der Waals surface area contributed by atoms with Crippen molar-refractivity contribution in [2.45, 2.75) is 90.1 Å². The van der Waals surface area contributed by atoms with Gasteiger partial charge < -0.3 is 4.74 Å². The van der Waals surface area contributed by atoms with E-state index in [0.29, 0.717) is 11.5 Å². The molecule has 1 heteroatoms. The van der Waals surface area contributed by atoms with Crippen molar-refractivity contribution in [2.24, 2.45) is 29.1 Å². The smallest absolute Gasteiger partial charge is 0.0606 e. The van der Waals surface area contributed by atoms with Gasteiger partial charge in [0, 0.05) is 6.61 Å². The predicted molar refractivity (Wildman–Crippen MR) is 87.2 cm³/mol. The van der Waals surface area contributed by atoms with Gasteiger partial charge in [-0.1, -0.05) is 44.9 Å². The Morgan fingerprint density at radius 2 is 1.62 bits per heavy atom. The molecule has 120 valence electrons. The average Bonchev–Trinajstić information content (AvgIpc) is 2.82. The van der Waals surface area contributed by atoms with Gasteiger partial charge in [-0.2, -0.15) is 0 Å². The van der Waals surface area contributed by atoms with Crippen molar-refractivity contribution in [3.05, 3.63) is 0 Å². The van der Waals surface area contributed by atoms with Gasteiger partial charge in [0.1, 0.15) is 0 Å². The fourth-order valence-electron chi connectivity index (χ4n) is 6.66. The first-order chi connectivity index (χ1) is 10.3. The number of fused-ring (bicyclic) bond motifs is 1. The zero-order valence-corrected chi connectivity index (χ0v) is 14.0. The predicted octanol–water partition coefficient (Wildman–Crippen LogP) is 5.58. The van der Waals surface area contributed by atoms with Crippen molar-refractivity contribution in [1.82, 2.24) is 0 Å². The molecule has 0 amide bonds. The van der Waals surface area contributed by atoms with Gasteiger partial charge in [-0.15, -0.1) is 0 Å². The number of hydrogen-bond acceptors (Lipinski definition) is 1. The fourth-order valence-corrected chi connectivity index (χ4v) is 6.66. The van der Waals surface area contributed by atoms with Crippen LogP contribution in [-0.4, -0.2) is 12.7 Å². The summed E-state index contributed by atoms with van der Waals surface area (Å²) in [6.07, 6.45) is 18.3. The van der Waals surface area contributed by atoms with Gasteiger partial charge in [0.2, 0.25) is 0 Å². The maximum absolute atomic E-state index is 6.46. The van der Waals surface area contributed by atoms with Crippen LogP contribution >= 0.6 is 0 Å². The molecule has 0 heterocycles. The van der Waals surface area contributed by atoms with E-state index in [9.17, 15) is 0 Å². The highest BCUT2D eigenvalue weighted by Crippen LogP contribution is 2.64. The highest BCUT2D eigenvalue weighted by atomic mass is 16.5. The molecule has 5 saturated carbocycles. The molecule has 0 saturated heterocycles. The van der Waals surface area contributed by atoms with E-state index in [2.05, 4.69) is 6.92 Å². The van der Waals surface area contributed by atoms with Crippen LogP contribution in [0.25, 0.3) is 0 Å². The Bertz CT molecular complexity index is 341. The summed E-state index contributed by atoms with van der Waals surface area (Å²) >= 11 is 0. The minimum Gasteiger partial charge on any atom is -0.378 e. The Hall–Kier alpha value is -0.0400. The van der Waals surface area contributed by atoms with Crippen molar-refractivity contribution in [3.63, 3.8) is 0 Å². The largest absolute Gasteiger partial charge is 0.378 e. The molecule has 4 bridgehead atoms. The summed E-state index contributed by atoms with van der Waals surface area (Å²) in [4.78, 5) is 0. The summed E-state index contributed by atoms with van der Waals surface area (Å²) in [5.41, 5.74) is 0.596. The minimum absolute atomic E-state index is 0.527. The van der Waals surface area contributed by atoms with Gasteiger partial charge in [0.05, 0.1) is 6.10 Å². The van der Waals surface area contributed by atoms with Gasteiger partial charge >= 0.3 is 0 Å². The molecule has 5 aliphatic rings. The van der Waals surface area contributed by atoms with Crippen molar-refractivity contribution in [3.8, 4) is 0 Å². The molecule has 5 rings (SSSR count). The van der Waals surface area contributed by atoms with Gasteiger partial charge in [-0.25, -0.2) is 0 Å².